The fourth-order valence-corrected chi connectivity index (χ4v) is 5.21. The van der Waals surface area contributed by atoms with E-state index in [-0.39, 0.29) is 61.8 Å². The molecule has 4 rings (SSSR count). The van der Waals surface area contributed by atoms with Crippen molar-refractivity contribution in [1.29, 1.82) is 5.26 Å². The van der Waals surface area contributed by atoms with E-state index in [1.165, 1.54) is 25.3 Å². The lowest BCUT2D eigenvalue weighted by molar-refractivity contribution is -0.180. The number of carbonyl (C=O) groups is 3. The molecule has 0 spiro atoms. The molecule has 1 aliphatic carbocycles. The summed E-state index contributed by atoms with van der Waals surface area (Å²) in [6, 6.07) is 2.15. The highest BCUT2D eigenvalue weighted by Crippen LogP contribution is 2.45. The number of hydrogen-bond donors (Lipinski definition) is 4. The van der Waals surface area contributed by atoms with Crippen molar-refractivity contribution in [2.24, 2.45) is 11.1 Å². The Morgan fingerprint density at radius 1 is 1.26 bits per heavy atom. The molecule has 3 heterocycles. The molecule has 2 saturated heterocycles. The summed E-state index contributed by atoms with van der Waals surface area (Å²) in [5, 5.41) is 31.1. The van der Waals surface area contributed by atoms with E-state index in [9.17, 15) is 39.4 Å². The molecule has 2 aliphatic heterocycles. The zero-order valence-corrected chi connectivity index (χ0v) is 21.2. The van der Waals surface area contributed by atoms with Crippen molar-refractivity contribution in [3.8, 4) is 6.07 Å². The summed E-state index contributed by atoms with van der Waals surface area (Å²) in [6.45, 7) is 0.977. The lowest BCUT2D eigenvalue weighted by Crippen LogP contribution is -2.45. The van der Waals surface area contributed by atoms with Gasteiger partial charge in [0.1, 0.15) is 11.5 Å². The van der Waals surface area contributed by atoms with Gasteiger partial charge in [0.25, 0.3) is 17.4 Å². The minimum atomic E-state index is -1.51. The molecule has 3 amide bonds. The van der Waals surface area contributed by atoms with Crippen LogP contribution in [0.15, 0.2) is 39.3 Å². The van der Waals surface area contributed by atoms with Gasteiger partial charge in [-0.15, -0.1) is 5.06 Å². The summed E-state index contributed by atoms with van der Waals surface area (Å²) in [4.78, 5) is 68.8. The largest absolute Gasteiger partial charge is 0.394 e. The molecule has 39 heavy (non-hydrogen) atoms. The molecular formula is C25H29N5O9. The molecule has 14 nitrogen and oxygen atoms in total. The van der Waals surface area contributed by atoms with Gasteiger partial charge in [-0.3, -0.25) is 28.7 Å². The summed E-state index contributed by atoms with van der Waals surface area (Å²) in [5.74, 6) is -1.90. The molecule has 0 radical (unpaired) electrons. The molecule has 0 saturated carbocycles. The first-order chi connectivity index (χ1) is 18.4. The summed E-state index contributed by atoms with van der Waals surface area (Å²) >= 11 is 0. The second kappa shape index (κ2) is 10.6. The predicted molar refractivity (Wildman–Crippen MR) is 131 cm³/mol. The van der Waals surface area contributed by atoms with Crippen LogP contribution in [-0.2, 0) is 29.7 Å². The highest BCUT2D eigenvalue weighted by Gasteiger charge is 2.49. The maximum Gasteiger partial charge on any atom is 0.330 e. The van der Waals surface area contributed by atoms with Crippen LogP contribution in [0.4, 0.5) is 0 Å². The number of aryl methyl sites for hydroxylation is 1. The van der Waals surface area contributed by atoms with Gasteiger partial charge in [0, 0.05) is 43.0 Å². The monoisotopic (exact) mass is 543 g/mol. The molecule has 5 N–H and O–H groups in total. The number of rotatable bonds is 9. The van der Waals surface area contributed by atoms with E-state index in [0.29, 0.717) is 5.06 Å². The van der Waals surface area contributed by atoms with Gasteiger partial charge in [0.05, 0.1) is 18.8 Å². The van der Waals surface area contributed by atoms with Crippen molar-refractivity contribution in [2.45, 2.75) is 69.8 Å². The van der Waals surface area contributed by atoms with Gasteiger partial charge in [0.15, 0.2) is 11.5 Å². The van der Waals surface area contributed by atoms with Gasteiger partial charge in [-0.2, -0.15) is 5.26 Å². The number of aliphatic hydroxyl groups is 2. The number of nitrogens with one attached hydrogen (secondary N) is 1. The van der Waals surface area contributed by atoms with Crippen LogP contribution in [0.5, 0.6) is 0 Å². The molecule has 3 aliphatic rings. The predicted octanol–water partition coefficient (Wildman–Crippen LogP) is -0.900. The van der Waals surface area contributed by atoms with E-state index in [1.54, 1.807) is 0 Å². The van der Waals surface area contributed by atoms with E-state index in [0.717, 1.165) is 4.57 Å². The molecule has 0 bridgehead atoms. The van der Waals surface area contributed by atoms with Crippen molar-refractivity contribution in [3.05, 3.63) is 56.1 Å². The standard InChI is InChI=1S/C25H29N5O9/c1-14-11-29(23(37)28-22(14)36)25(10-16(32)17(12-31)38-25)8-2-7-24(13-26)9-15(21(27)35)3-4-18(24)39-30-19(33)5-6-20(30)34/h3-4,11,16-17,31-32H,2,5-10,12H2,1H3,(H2,27,35)(H,28,36,37)/t16-,17+,24?,25+/m0/s1. The lowest BCUT2D eigenvalue weighted by Gasteiger charge is -2.35. The number of aromatic nitrogens is 2. The first-order valence-electron chi connectivity index (χ1n) is 12.4. The summed E-state index contributed by atoms with van der Waals surface area (Å²) in [7, 11) is 0. The van der Waals surface area contributed by atoms with Crippen LogP contribution in [-0.4, -0.2) is 61.4 Å². The minimum absolute atomic E-state index is 0.0122. The molecular weight excluding hydrogens is 514 g/mol. The fourth-order valence-electron chi connectivity index (χ4n) is 5.21. The van der Waals surface area contributed by atoms with Crippen LogP contribution in [0.25, 0.3) is 0 Å². The molecule has 4 atom stereocenters. The summed E-state index contributed by atoms with van der Waals surface area (Å²) < 4.78 is 7.14. The van der Waals surface area contributed by atoms with E-state index in [1.807, 2.05) is 0 Å². The highest BCUT2D eigenvalue weighted by molar-refractivity contribution is 6.00. The maximum atomic E-state index is 12.8. The van der Waals surface area contributed by atoms with Crippen LogP contribution in [0.3, 0.4) is 0 Å². The van der Waals surface area contributed by atoms with E-state index >= 15 is 0 Å². The number of hydroxylamine groups is 2. The van der Waals surface area contributed by atoms with Crippen molar-refractivity contribution in [1.82, 2.24) is 14.6 Å². The summed E-state index contributed by atoms with van der Waals surface area (Å²) in [6.07, 6.45) is 1.77. The van der Waals surface area contributed by atoms with Gasteiger partial charge in [-0.25, -0.2) is 4.79 Å². The van der Waals surface area contributed by atoms with Crippen LogP contribution in [0, 0.1) is 23.7 Å². The van der Waals surface area contributed by atoms with Crippen LogP contribution in [0.1, 0.15) is 50.5 Å². The molecule has 1 aromatic rings. The molecule has 208 valence electrons. The topological polar surface area (TPSA) is 218 Å². The average molecular weight is 544 g/mol. The summed E-state index contributed by atoms with van der Waals surface area (Å²) in [5.41, 5.74) is 1.47. The van der Waals surface area contributed by atoms with E-state index < -0.39 is 58.9 Å². The van der Waals surface area contributed by atoms with Crippen molar-refractivity contribution in [3.63, 3.8) is 0 Å². The quantitative estimate of drug-likeness (QED) is 0.281. The third-order valence-electron chi connectivity index (χ3n) is 7.36. The maximum absolute atomic E-state index is 12.8. The van der Waals surface area contributed by atoms with Crippen molar-refractivity contribution < 1.29 is 34.2 Å². The third-order valence-corrected chi connectivity index (χ3v) is 7.36. The number of hydrogen-bond acceptors (Lipinski definition) is 10. The number of aromatic amines is 1. The number of nitriles is 1. The SMILES string of the molecule is Cc1cn([C@@]2(CCCC3(C#N)CC(C(N)=O)=CC=C3ON3C(=O)CCC3=O)C[C@H](O)[C@@H](CO)O2)c(=O)[nH]c1=O. The number of nitrogens with zero attached hydrogens (tertiary/aromatic N) is 3. The smallest absolute Gasteiger partial charge is 0.330 e. The van der Waals surface area contributed by atoms with Crippen molar-refractivity contribution in [2.75, 3.05) is 6.61 Å². The Morgan fingerprint density at radius 2 is 1.95 bits per heavy atom. The van der Waals surface area contributed by atoms with Crippen LogP contribution < -0.4 is 17.0 Å². The highest BCUT2D eigenvalue weighted by atomic mass is 16.7. The zero-order valence-electron chi connectivity index (χ0n) is 21.2. The average Bonchev–Trinajstić information content (AvgIpc) is 3.40. The number of ether oxygens (including phenoxy) is 1. The van der Waals surface area contributed by atoms with Gasteiger partial charge in [-0.05, 0) is 38.3 Å². The normalized spacial score (nSPS) is 28.7. The van der Waals surface area contributed by atoms with E-state index in [4.69, 9.17) is 15.3 Å². The Morgan fingerprint density at radius 3 is 2.54 bits per heavy atom. The van der Waals surface area contributed by atoms with Gasteiger partial charge in [0.2, 0.25) is 5.91 Å². The molecule has 1 aromatic heterocycles. The number of allylic oxidation sites excluding steroid dienone is 3. The second-order valence-electron chi connectivity index (χ2n) is 9.98. The molecule has 1 unspecified atom stereocenters. The zero-order chi connectivity index (χ0) is 28.5. The number of nitrogens with two attached hydrogens (primary N) is 1. The van der Waals surface area contributed by atoms with Gasteiger partial charge < -0.3 is 25.5 Å². The third kappa shape index (κ3) is 5.16. The molecule has 2 fully saturated rings. The Bertz CT molecular complexity index is 1400. The van der Waals surface area contributed by atoms with Gasteiger partial charge in [-0.1, -0.05) is 0 Å². The van der Waals surface area contributed by atoms with Crippen molar-refractivity contribution >= 4 is 17.7 Å². The lowest BCUT2D eigenvalue weighted by atomic mass is 9.73. The first-order valence-corrected chi connectivity index (χ1v) is 12.4. The minimum Gasteiger partial charge on any atom is -0.394 e. The first kappa shape index (κ1) is 28.0. The second-order valence-corrected chi connectivity index (χ2v) is 9.98. The Kier molecular flexibility index (Phi) is 7.60. The molecule has 14 heteroatoms. The number of H-pyrrole nitrogens is 1. The Hall–Kier alpha value is -4.06. The fraction of sp³-hybridized carbons (Fsp3) is 0.520. The number of amides is 3. The number of aliphatic hydroxyl groups excluding tert-OH is 2. The van der Waals surface area contributed by atoms with Gasteiger partial charge >= 0.3 is 5.69 Å². The van der Waals surface area contributed by atoms with Crippen LogP contribution >= 0.6 is 0 Å². The number of primary amides is 1. The Labute approximate surface area is 221 Å². The number of carbonyl (C=O) groups excluding carboxylic acids is 3. The van der Waals surface area contributed by atoms with Crippen LogP contribution in [0.2, 0.25) is 0 Å². The molecule has 0 aromatic carbocycles. The van der Waals surface area contributed by atoms with E-state index in [2.05, 4.69) is 11.1 Å². The number of imide groups is 1. The Balaban J connectivity index is 1.65.